The van der Waals surface area contributed by atoms with Gasteiger partial charge in [0.2, 0.25) is 23.2 Å². The molecular weight excluding hydrogens is 400 g/mol. The summed E-state index contributed by atoms with van der Waals surface area (Å²) in [5.74, 6) is 0.879. The number of thioether (sulfide) groups is 1. The Kier molecular flexibility index (Phi) is 5.67. The van der Waals surface area contributed by atoms with Gasteiger partial charge in [-0.15, -0.1) is 10.2 Å². The molecule has 8 heteroatoms. The highest BCUT2D eigenvalue weighted by Gasteiger charge is 2.34. The van der Waals surface area contributed by atoms with Crippen LogP contribution in [-0.2, 0) is 4.79 Å². The number of amides is 1. The van der Waals surface area contributed by atoms with Crippen molar-refractivity contribution in [2.75, 3.05) is 17.8 Å². The zero-order valence-corrected chi connectivity index (χ0v) is 17.4. The number of aromatic nitrogens is 3. The van der Waals surface area contributed by atoms with E-state index in [4.69, 9.17) is 9.47 Å². The predicted molar refractivity (Wildman–Crippen MR) is 116 cm³/mol. The lowest BCUT2D eigenvalue weighted by atomic mass is 10.1. The van der Waals surface area contributed by atoms with Gasteiger partial charge in [-0.05, 0) is 36.6 Å². The number of carbonyl (C=O) groups excluding carboxylic acids is 1. The second-order valence-electron chi connectivity index (χ2n) is 6.50. The molecule has 0 radical (unpaired) electrons. The van der Waals surface area contributed by atoms with Crippen molar-refractivity contribution in [1.29, 1.82) is 0 Å². The standard InChI is InChI=1S/C22H20N4O3S/c1-4-13-28-16-11-9-15(10-12-16)21-26(14(2)27)18-8-6-5-7-17(18)19-20(29-21)23-22(30-3)25-24-19/h4-12,21H,1,13H2,2-3H3/t21-/m0/s1. The quantitative estimate of drug-likeness (QED) is 0.451. The van der Waals surface area contributed by atoms with Gasteiger partial charge >= 0.3 is 0 Å². The second kappa shape index (κ2) is 8.54. The molecule has 1 atom stereocenters. The molecule has 1 amide bonds. The van der Waals surface area contributed by atoms with Gasteiger partial charge in [-0.2, -0.15) is 4.98 Å². The molecule has 4 rings (SSSR count). The largest absolute Gasteiger partial charge is 0.490 e. The number of rotatable bonds is 5. The van der Waals surface area contributed by atoms with E-state index >= 15 is 0 Å². The second-order valence-corrected chi connectivity index (χ2v) is 7.27. The lowest BCUT2D eigenvalue weighted by Gasteiger charge is -2.30. The first kappa shape index (κ1) is 19.9. The van der Waals surface area contributed by atoms with E-state index in [9.17, 15) is 4.79 Å². The third kappa shape index (κ3) is 3.73. The van der Waals surface area contributed by atoms with Crippen LogP contribution >= 0.6 is 11.8 Å². The molecule has 3 aromatic rings. The van der Waals surface area contributed by atoms with Crippen LogP contribution in [-0.4, -0.2) is 34.0 Å². The lowest BCUT2D eigenvalue weighted by Crippen LogP contribution is -2.36. The molecular formula is C22H20N4O3S. The maximum absolute atomic E-state index is 12.7. The van der Waals surface area contributed by atoms with Gasteiger partial charge in [0.1, 0.15) is 12.4 Å². The van der Waals surface area contributed by atoms with Crippen LogP contribution in [0.2, 0.25) is 0 Å². The number of fused-ring (bicyclic) bond motifs is 3. The molecule has 0 N–H and O–H groups in total. The lowest BCUT2D eigenvalue weighted by molar-refractivity contribution is -0.118. The maximum atomic E-state index is 12.7. The van der Waals surface area contributed by atoms with Crippen LogP contribution in [0.15, 0.2) is 66.3 Å². The molecule has 7 nitrogen and oxygen atoms in total. The summed E-state index contributed by atoms with van der Waals surface area (Å²) in [5, 5.41) is 8.98. The molecule has 0 bridgehead atoms. The maximum Gasteiger partial charge on any atom is 0.247 e. The van der Waals surface area contributed by atoms with Crippen LogP contribution < -0.4 is 14.4 Å². The third-order valence-electron chi connectivity index (χ3n) is 4.57. The molecule has 0 saturated carbocycles. The number of benzene rings is 2. The monoisotopic (exact) mass is 420 g/mol. The van der Waals surface area contributed by atoms with E-state index in [1.165, 1.54) is 18.7 Å². The summed E-state index contributed by atoms with van der Waals surface area (Å²) in [6, 6.07) is 14.9. The Balaban J connectivity index is 1.85. The molecule has 2 heterocycles. The smallest absolute Gasteiger partial charge is 0.247 e. The van der Waals surface area contributed by atoms with Gasteiger partial charge in [0.05, 0.1) is 5.69 Å². The van der Waals surface area contributed by atoms with Crippen LogP contribution in [0.4, 0.5) is 5.69 Å². The van der Waals surface area contributed by atoms with Crippen molar-refractivity contribution in [2.24, 2.45) is 0 Å². The minimum Gasteiger partial charge on any atom is -0.490 e. The third-order valence-corrected chi connectivity index (χ3v) is 5.10. The zero-order valence-electron chi connectivity index (χ0n) is 16.6. The van der Waals surface area contributed by atoms with E-state index in [-0.39, 0.29) is 5.91 Å². The van der Waals surface area contributed by atoms with E-state index in [0.29, 0.717) is 34.8 Å². The van der Waals surface area contributed by atoms with Gasteiger partial charge in [0, 0.05) is 18.1 Å². The summed E-state index contributed by atoms with van der Waals surface area (Å²) >= 11 is 1.37. The van der Waals surface area contributed by atoms with E-state index in [1.807, 2.05) is 54.8 Å². The fourth-order valence-corrected chi connectivity index (χ4v) is 3.54. The summed E-state index contributed by atoms with van der Waals surface area (Å²) in [6.45, 7) is 5.58. The summed E-state index contributed by atoms with van der Waals surface area (Å²) in [7, 11) is 0. The molecule has 0 unspecified atom stereocenters. The van der Waals surface area contributed by atoms with Crippen LogP contribution in [0.1, 0.15) is 18.7 Å². The van der Waals surface area contributed by atoms with Crippen molar-refractivity contribution >= 4 is 23.4 Å². The van der Waals surface area contributed by atoms with Gasteiger partial charge in [-0.3, -0.25) is 9.69 Å². The predicted octanol–water partition coefficient (Wildman–Crippen LogP) is 4.27. The summed E-state index contributed by atoms with van der Waals surface area (Å²) in [5.41, 5.74) is 2.71. The van der Waals surface area contributed by atoms with Crippen molar-refractivity contribution < 1.29 is 14.3 Å². The van der Waals surface area contributed by atoms with Gasteiger partial charge in [0.25, 0.3) is 0 Å². The average molecular weight is 420 g/mol. The number of para-hydroxylation sites is 1. The topological polar surface area (TPSA) is 77.4 Å². The number of ether oxygens (including phenoxy) is 2. The van der Waals surface area contributed by atoms with Crippen molar-refractivity contribution in [3.8, 4) is 22.9 Å². The van der Waals surface area contributed by atoms with Crippen LogP contribution in [0.25, 0.3) is 11.3 Å². The van der Waals surface area contributed by atoms with Crippen molar-refractivity contribution in [3.05, 3.63) is 66.7 Å². The van der Waals surface area contributed by atoms with E-state index in [0.717, 1.165) is 11.1 Å². The van der Waals surface area contributed by atoms with Gasteiger partial charge in [-0.1, -0.05) is 42.6 Å². The fourth-order valence-electron chi connectivity index (χ4n) is 3.24. The van der Waals surface area contributed by atoms with Crippen LogP contribution in [0.3, 0.4) is 0 Å². The Morgan fingerprint density at radius 3 is 2.70 bits per heavy atom. The highest BCUT2D eigenvalue weighted by molar-refractivity contribution is 7.98. The number of anilines is 1. The Morgan fingerprint density at radius 2 is 2.00 bits per heavy atom. The SMILES string of the molecule is C=CCOc1ccc([C@@H]2Oc3nc(SC)nnc3-c3ccccc3N2C(C)=O)cc1. The van der Waals surface area contributed by atoms with Crippen molar-refractivity contribution in [2.45, 2.75) is 18.3 Å². The number of carbonyl (C=O) groups is 1. The fraction of sp³-hybridized carbons (Fsp3) is 0.182. The first-order chi connectivity index (χ1) is 14.6. The van der Waals surface area contributed by atoms with E-state index in [1.54, 1.807) is 11.0 Å². The first-order valence-corrected chi connectivity index (χ1v) is 10.5. The van der Waals surface area contributed by atoms with E-state index < -0.39 is 6.23 Å². The Labute approximate surface area is 178 Å². The molecule has 1 aromatic heterocycles. The minimum atomic E-state index is -0.718. The molecule has 0 fully saturated rings. The molecule has 0 aliphatic carbocycles. The van der Waals surface area contributed by atoms with Gasteiger partial charge in [-0.25, -0.2) is 0 Å². The highest BCUT2D eigenvalue weighted by atomic mass is 32.2. The van der Waals surface area contributed by atoms with E-state index in [2.05, 4.69) is 21.8 Å². The van der Waals surface area contributed by atoms with Crippen LogP contribution in [0, 0.1) is 0 Å². The minimum absolute atomic E-state index is 0.162. The highest BCUT2D eigenvalue weighted by Crippen LogP contribution is 2.43. The van der Waals surface area contributed by atoms with Crippen molar-refractivity contribution in [3.63, 3.8) is 0 Å². The number of hydrogen-bond acceptors (Lipinski definition) is 7. The van der Waals surface area contributed by atoms with Crippen molar-refractivity contribution in [1.82, 2.24) is 15.2 Å². The molecule has 0 spiro atoms. The average Bonchev–Trinajstić information content (AvgIpc) is 2.92. The first-order valence-electron chi connectivity index (χ1n) is 9.30. The van der Waals surface area contributed by atoms with Gasteiger partial charge < -0.3 is 9.47 Å². The normalized spacial score (nSPS) is 14.7. The van der Waals surface area contributed by atoms with Crippen LogP contribution in [0.5, 0.6) is 11.6 Å². The Hall–Kier alpha value is -3.39. The van der Waals surface area contributed by atoms with Gasteiger partial charge in [0.15, 0.2) is 5.69 Å². The Morgan fingerprint density at radius 1 is 1.23 bits per heavy atom. The zero-order chi connectivity index (χ0) is 21.1. The number of hydrogen-bond donors (Lipinski definition) is 0. The summed E-state index contributed by atoms with van der Waals surface area (Å²) < 4.78 is 11.9. The summed E-state index contributed by atoms with van der Waals surface area (Å²) in [6.07, 6.45) is 2.84. The molecule has 152 valence electrons. The molecule has 1 aliphatic heterocycles. The molecule has 30 heavy (non-hydrogen) atoms. The molecule has 2 aromatic carbocycles. The molecule has 1 aliphatic rings. The summed E-state index contributed by atoms with van der Waals surface area (Å²) in [4.78, 5) is 18.8. The Bertz CT molecular complexity index is 1090. The number of nitrogens with zero attached hydrogens (tertiary/aromatic N) is 4. The molecule has 0 saturated heterocycles.